The van der Waals surface area contributed by atoms with E-state index in [4.69, 9.17) is 0 Å². The van der Waals surface area contributed by atoms with Gasteiger partial charge in [-0.05, 0) is 56.3 Å². The largest absolute Gasteiger partial charge is 0.387 e. The van der Waals surface area contributed by atoms with E-state index in [1.54, 1.807) is 0 Å². The van der Waals surface area contributed by atoms with Crippen molar-refractivity contribution in [2.45, 2.75) is 52.2 Å². The molecule has 1 aliphatic carbocycles. The maximum Gasteiger partial charge on any atom is 0.0917 e. The second kappa shape index (κ2) is 5.85. The van der Waals surface area contributed by atoms with Crippen LogP contribution in [0.2, 0.25) is 0 Å². The zero-order chi connectivity index (χ0) is 13.1. The van der Waals surface area contributed by atoms with Gasteiger partial charge >= 0.3 is 0 Å². The monoisotopic (exact) mass is 247 g/mol. The Bertz CT molecular complexity index is 398. The molecule has 1 aromatic carbocycles. The number of aliphatic hydroxyl groups excluding tert-OH is 1. The molecule has 0 radical (unpaired) electrons. The van der Waals surface area contributed by atoms with Gasteiger partial charge in [-0.1, -0.05) is 25.1 Å². The van der Waals surface area contributed by atoms with Gasteiger partial charge in [0.2, 0.25) is 0 Å². The van der Waals surface area contributed by atoms with E-state index in [1.165, 1.54) is 24.0 Å². The van der Waals surface area contributed by atoms with Crippen LogP contribution in [-0.2, 0) is 0 Å². The van der Waals surface area contributed by atoms with Gasteiger partial charge in [0.15, 0.2) is 0 Å². The quantitative estimate of drug-likeness (QED) is 0.834. The molecular formula is C16H25NO. The van der Waals surface area contributed by atoms with Crippen LogP contribution >= 0.6 is 0 Å². The minimum atomic E-state index is -0.351. The molecule has 0 amide bonds. The van der Waals surface area contributed by atoms with Crippen LogP contribution in [0.15, 0.2) is 18.2 Å². The van der Waals surface area contributed by atoms with Gasteiger partial charge in [-0.2, -0.15) is 0 Å². The number of rotatable bonds is 6. The lowest BCUT2D eigenvalue weighted by molar-refractivity contribution is 0.108. The Morgan fingerprint density at radius 1 is 1.28 bits per heavy atom. The number of aliphatic hydroxyl groups is 1. The molecule has 0 bridgehead atoms. The first kappa shape index (κ1) is 13.6. The lowest BCUT2D eigenvalue weighted by Gasteiger charge is -2.24. The summed E-state index contributed by atoms with van der Waals surface area (Å²) in [7, 11) is 0. The summed E-state index contributed by atoms with van der Waals surface area (Å²) >= 11 is 0. The van der Waals surface area contributed by atoms with Gasteiger partial charge in [0.1, 0.15) is 0 Å². The highest BCUT2D eigenvalue weighted by molar-refractivity contribution is 5.31. The topological polar surface area (TPSA) is 23.5 Å². The molecule has 1 fully saturated rings. The number of hydrogen-bond acceptors (Lipinski definition) is 2. The molecule has 0 heterocycles. The highest BCUT2D eigenvalue weighted by Crippen LogP contribution is 2.29. The van der Waals surface area contributed by atoms with Crippen molar-refractivity contribution in [3.63, 3.8) is 0 Å². The van der Waals surface area contributed by atoms with Crippen molar-refractivity contribution in [2.75, 3.05) is 13.1 Å². The predicted octanol–water partition coefficient (Wildman–Crippen LogP) is 3.21. The van der Waals surface area contributed by atoms with Crippen LogP contribution in [0.3, 0.4) is 0 Å². The lowest BCUT2D eigenvalue weighted by atomic mass is 10.0. The molecule has 2 heteroatoms. The number of benzene rings is 1. The van der Waals surface area contributed by atoms with Gasteiger partial charge in [0.05, 0.1) is 6.10 Å². The summed E-state index contributed by atoms with van der Waals surface area (Å²) in [5.74, 6) is 0. The third kappa shape index (κ3) is 3.33. The molecule has 18 heavy (non-hydrogen) atoms. The SMILES string of the molecule is CCCN(CC(O)c1ccc(C)c(C)c1)C1CC1. The first-order valence-electron chi connectivity index (χ1n) is 7.11. The summed E-state index contributed by atoms with van der Waals surface area (Å²) in [6.07, 6.45) is 3.42. The molecule has 1 aromatic rings. The first-order valence-corrected chi connectivity index (χ1v) is 7.11. The second-order valence-corrected chi connectivity index (χ2v) is 5.59. The number of nitrogens with zero attached hydrogens (tertiary/aromatic N) is 1. The highest BCUT2D eigenvalue weighted by atomic mass is 16.3. The van der Waals surface area contributed by atoms with Gasteiger partial charge in [0.25, 0.3) is 0 Å². The number of aryl methyl sites for hydroxylation is 2. The molecule has 2 nitrogen and oxygen atoms in total. The Morgan fingerprint density at radius 3 is 2.56 bits per heavy atom. The molecule has 2 rings (SSSR count). The molecular weight excluding hydrogens is 222 g/mol. The van der Waals surface area contributed by atoms with Crippen LogP contribution in [0.4, 0.5) is 0 Å². The van der Waals surface area contributed by atoms with Crippen LogP contribution in [0.5, 0.6) is 0 Å². The van der Waals surface area contributed by atoms with E-state index < -0.39 is 0 Å². The average Bonchev–Trinajstić information content (AvgIpc) is 3.16. The summed E-state index contributed by atoms with van der Waals surface area (Å²) in [6, 6.07) is 7.02. The first-order chi connectivity index (χ1) is 8.61. The van der Waals surface area contributed by atoms with Crippen molar-refractivity contribution in [1.29, 1.82) is 0 Å². The minimum absolute atomic E-state index is 0.351. The lowest BCUT2D eigenvalue weighted by Crippen LogP contribution is -2.31. The van der Waals surface area contributed by atoms with Crippen LogP contribution in [0.1, 0.15) is 49.0 Å². The van der Waals surface area contributed by atoms with Crippen LogP contribution < -0.4 is 0 Å². The Kier molecular flexibility index (Phi) is 4.41. The van der Waals surface area contributed by atoms with Gasteiger partial charge in [0, 0.05) is 12.6 Å². The Balaban J connectivity index is 2.00. The Hall–Kier alpha value is -0.860. The van der Waals surface area contributed by atoms with E-state index in [0.29, 0.717) is 0 Å². The molecule has 0 aromatic heterocycles. The summed E-state index contributed by atoms with van der Waals surface area (Å²) in [5, 5.41) is 10.4. The number of hydrogen-bond donors (Lipinski definition) is 1. The Morgan fingerprint density at radius 2 is 2.00 bits per heavy atom. The molecule has 1 atom stereocenters. The molecule has 1 aliphatic rings. The third-order valence-corrected chi connectivity index (χ3v) is 3.90. The van der Waals surface area contributed by atoms with E-state index in [1.807, 2.05) is 0 Å². The third-order valence-electron chi connectivity index (χ3n) is 3.90. The van der Waals surface area contributed by atoms with Crippen molar-refractivity contribution in [3.8, 4) is 0 Å². The zero-order valence-corrected chi connectivity index (χ0v) is 11.8. The second-order valence-electron chi connectivity index (χ2n) is 5.59. The molecule has 1 N–H and O–H groups in total. The molecule has 1 unspecified atom stereocenters. The van der Waals surface area contributed by atoms with E-state index >= 15 is 0 Å². The standard InChI is InChI=1S/C16H25NO/c1-4-9-17(15-7-8-15)11-16(18)14-6-5-12(2)13(3)10-14/h5-6,10,15-16,18H,4,7-9,11H2,1-3H3. The smallest absolute Gasteiger partial charge is 0.0917 e. The van der Waals surface area contributed by atoms with Crippen molar-refractivity contribution in [1.82, 2.24) is 4.90 Å². The summed E-state index contributed by atoms with van der Waals surface area (Å²) in [4.78, 5) is 2.44. The Labute approximate surface area is 111 Å². The maximum atomic E-state index is 10.4. The van der Waals surface area contributed by atoms with E-state index in [2.05, 4.69) is 43.9 Å². The van der Waals surface area contributed by atoms with Crippen LogP contribution in [0, 0.1) is 13.8 Å². The van der Waals surface area contributed by atoms with Crippen LogP contribution in [-0.4, -0.2) is 29.1 Å². The average molecular weight is 247 g/mol. The fourth-order valence-corrected chi connectivity index (χ4v) is 2.45. The van der Waals surface area contributed by atoms with E-state index in [9.17, 15) is 5.11 Å². The maximum absolute atomic E-state index is 10.4. The van der Waals surface area contributed by atoms with Crippen molar-refractivity contribution < 1.29 is 5.11 Å². The molecule has 0 spiro atoms. The molecule has 1 saturated carbocycles. The van der Waals surface area contributed by atoms with Crippen molar-refractivity contribution >= 4 is 0 Å². The minimum Gasteiger partial charge on any atom is -0.387 e. The highest BCUT2D eigenvalue weighted by Gasteiger charge is 2.29. The summed E-state index contributed by atoms with van der Waals surface area (Å²) in [6.45, 7) is 8.31. The van der Waals surface area contributed by atoms with Crippen molar-refractivity contribution in [3.05, 3.63) is 34.9 Å². The van der Waals surface area contributed by atoms with Gasteiger partial charge < -0.3 is 5.11 Å². The molecule has 0 aliphatic heterocycles. The normalized spacial score (nSPS) is 17.2. The summed E-state index contributed by atoms with van der Waals surface area (Å²) in [5.41, 5.74) is 3.61. The van der Waals surface area contributed by atoms with Gasteiger partial charge in [-0.25, -0.2) is 0 Å². The zero-order valence-electron chi connectivity index (χ0n) is 11.8. The fraction of sp³-hybridized carbons (Fsp3) is 0.625. The van der Waals surface area contributed by atoms with E-state index in [-0.39, 0.29) is 6.10 Å². The van der Waals surface area contributed by atoms with E-state index in [0.717, 1.165) is 31.1 Å². The van der Waals surface area contributed by atoms with Crippen LogP contribution in [0.25, 0.3) is 0 Å². The summed E-state index contributed by atoms with van der Waals surface area (Å²) < 4.78 is 0. The predicted molar refractivity (Wildman–Crippen MR) is 75.8 cm³/mol. The molecule has 0 saturated heterocycles. The van der Waals surface area contributed by atoms with Gasteiger partial charge in [-0.3, -0.25) is 4.90 Å². The fourth-order valence-electron chi connectivity index (χ4n) is 2.45. The molecule has 100 valence electrons. The van der Waals surface area contributed by atoms with Gasteiger partial charge in [-0.15, -0.1) is 0 Å². The van der Waals surface area contributed by atoms with Crippen molar-refractivity contribution in [2.24, 2.45) is 0 Å².